The minimum Gasteiger partial charge on any atom is -0.497 e. The highest BCUT2D eigenvalue weighted by atomic mass is 35.5. The first-order chi connectivity index (χ1) is 15.7. The van der Waals surface area contributed by atoms with Crippen LogP contribution in [0.3, 0.4) is 0 Å². The topological polar surface area (TPSA) is 79.0 Å². The Morgan fingerprint density at radius 1 is 1.03 bits per heavy atom. The predicted octanol–water partition coefficient (Wildman–Crippen LogP) is 4.19. The highest BCUT2D eigenvalue weighted by Crippen LogP contribution is 2.27. The Bertz CT molecular complexity index is 1040. The number of carbonyl (C=O) groups excluding carboxylic acids is 1. The van der Waals surface area contributed by atoms with Gasteiger partial charge in [-0.2, -0.15) is 4.31 Å². The van der Waals surface area contributed by atoms with Crippen LogP contribution in [0.25, 0.3) is 0 Å². The number of amides is 1. The van der Waals surface area contributed by atoms with Gasteiger partial charge in [-0.25, -0.2) is 8.42 Å². The van der Waals surface area contributed by atoms with Crippen LogP contribution in [0.1, 0.15) is 49.7 Å². The molecule has 7 nitrogen and oxygen atoms in total. The van der Waals surface area contributed by atoms with E-state index in [2.05, 4.69) is 24.1 Å². The molecule has 0 aliphatic carbocycles. The van der Waals surface area contributed by atoms with Crippen molar-refractivity contribution in [1.82, 2.24) is 14.5 Å². The number of hydrogen-bond donors (Lipinski definition) is 1. The third-order valence-corrected chi connectivity index (χ3v) is 8.24. The molecule has 1 atom stereocenters. The molecule has 0 bridgehead atoms. The Morgan fingerprint density at radius 2 is 1.70 bits per heavy atom. The van der Waals surface area contributed by atoms with Gasteiger partial charge in [0, 0.05) is 25.2 Å². The third-order valence-electron chi connectivity index (χ3n) is 5.70. The molecule has 0 radical (unpaired) electrons. The molecule has 0 saturated carbocycles. The van der Waals surface area contributed by atoms with E-state index in [0.717, 1.165) is 24.4 Å². The maximum atomic E-state index is 13.0. The van der Waals surface area contributed by atoms with Gasteiger partial charge in [0.15, 0.2) is 0 Å². The van der Waals surface area contributed by atoms with Gasteiger partial charge in [-0.05, 0) is 49.0 Å². The molecule has 9 heteroatoms. The Balaban J connectivity index is 2.30. The molecule has 0 spiro atoms. The van der Waals surface area contributed by atoms with Crippen LogP contribution in [0.5, 0.6) is 5.75 Å². The number of hydrogen-bond acceptors (Lipinski definition) is 5. The van der Waals surface area contributed by atoms with Gasteiger partial charge in [0.1, 0.15) is 10.6 Å². The number of methoxy groups -OCH3 is 1. The van der Waals surface area contributed by atoms with Crippen LogP contribution in [-0.4, -0.2) is 63.4 Å². The number of benzene rings is 2. The molecular formula is C24H34ClN3O4S. The van der Waals surface area contributed by atoms with Gasteiger partial charge in [-0.3, -0.25) is 9.69 Å². The van der Waals surface area contributed by atoms with Crippen LogP contribution >= 0.6 is 11.6 Å². The van der Waals surface area contributed by atoms with Crippen LogP contribution in [0.4, 0.5) is 0 Å². The van der Waals surface area contributed by atoms with Gasteiger partial charge in [0.25, 0.3) is 5.91 Å². The summed E-state index contributed by atoms with van der Waals surface area (Å²) in [7, 11) is -2.17. The summed E-state index contributed by atoms with van der Waals surface area (Å²) >= 11 is 6.20. The van der Waals surface area contributed by atoms with Gasteiger partial charge in [0.05, 0.1) is 18.2 Å². The number of halogens is 1. The Hall–Kier alpha value is -2.13. The molecular weight excluding hydrogens is 462 g/mol. The van der Waals surface area contributed by atoms with Crippen LogP contribution < -0.4 is 10.1 Å². The molecule has 33 heavy (non-hydrogen) atoms. The lowest BCUT2D eigenvalue weighted by molar-refractivity contribution is 0.0934. The lowest BCUT2D eigenvalue weighted by Crippen LogP contribution is -2.38. The highest BCUT2D eigenvalue weighted by molar-refractivity contribution is 7.89. The summed E-state index contributed by atoms with van der Waals surface area (Å²) in [4.78, 5) is 15.2. The quantitative estimate of drug-likeness (QED) is 0.477. The Kier molecular flexibility index (Phi) is 10.2. The molecule has 1 amide bonds. The second kappa shape index (κ2) is 12.4. The zero-order valence-electron chi connectivity index (χ0n) is 20.0. The predicted molar refractivity (Wildman–Crippen MR) is 133 cm³/mol. The number of likely N-dealkylation sites (N-methyl/N-ethyl adjacent to an activating group) is 1. The summed E-state index contributed by atoms with van der Waals surface area (Å²) in [5.74, 6) is 0.391. The van der Waals surface area contributed by atoms with Crippen molar-refractivity contribution >= 4 is 27.5 Å². The fourth-order valence-electron chi connectivity index (χ4n) is 3.81. The number of sulfonamides is 1. The average Bonchev–Trinajstić information content (AvgIpc) is 2.82. The van der Waals surface area contributed by atoms with E-state index in [1.54, 1.807) is 21.0 Å². The van der Waals surface area contributed by atoms with Gasteiger partial charge in [-0.1, -0.05) is 51.4 Å². The van der Waals surface area contributed by atoms with E-state index in [4.69, 9.17) is 16.3 Å². The average molecular weight is 496 g/mol. The van der Waals surface area contributed by atoms with E-state index in [-0.39, 0.29) is 27.4 Å². The zero-order chi connectivity index (χ0) is 24.6. The smallest absolute Gasteiger partial charge is 0.251 e. The van der Waals surface area contributed by atoms with E-state index >= 15 is 0 Å². The van der Waals surface area contributed by atoms with E-state index in [9.17, 15) is 13.2 Å². The van der Waals surface area contributed by atoms with E-state index in [1.807, 2.05) is 24.3 Å². The van der Waals surface area contributed by atoms with Gasteiger partial charge >= 0.3 is 0 Å². The van der Waals surface area contributed by atoms with E-state index < -0.39 is 10.0 Å². The Labute approximate surface area is 202 Å². The fourth-order valence-corrected chi connectivity index (χ4v) is 5.77. The first kappa shape index (κ1) is 27.1. The number of ether oxygens (including phenoxy) is 1. The van der Waals surface area contributed by atoms with Crippen molar-refractivity contribution in [3.05, 3.63) is 58.6 Å². The van der Waals surface area contributed by atoms with Gasteiger partial charge < -0.3 is 10.1 Å². The molecule has 0 aromatic heterocycles. The fraction of sp³-hybridized carbons (Fsp3) is 0.458. The molecule has 2 rings (SSSR count). The lowest BCUT2D eigenvalue weighted by atomic mass is 10.0. The summed E-state index contributed by atoms with van der Waals surface area (Å²) in [6, 6.07) is 12.1. The standard InChI is InChI=1S/C24H34ClN3O4S/c1-6-27(7-2)22(18-11-10-12-20(15-18)32-5)17-26-24(29)19-13-14-21(25)23(16-19)33(30,31)28(8-3)9-4/h10-16,22H,6-9,17H2,1-5H3,(H,26,29)/t22-/m1/s1. The van der Waals surface area contributed by atoms with Crippen molar-refractivity contribution in [2.45, 2.75) is 38.6 Å². The zero-order valence-corrected chi connectivity index (χ0v) is 21.5. The molecule has 0 aliphatic heterocycles. The van der Waals surface area contributed by atoms with Crippen molar-refractivity contribution in [2.24, 2.45) is 0 Å². The summed E-state index contributed by atoms with van der Waals surface area (Å²) in [6.45, 7) is 10.3. The van der Waals surface area contributed by atoms with Gasteiger partial charge in [-0.15, -0.1) is 0 Å². The van der Waals surface area contributed by atoms with Crippen molar-refractivity contribution in [3.8, 4) is 5.75 Å². The van der Waals surface area contributed by atoms with Crippen LogP contribution in [0, 0.1) is 0 Å². The second-order valence-electron chi connectivity index (χ2n) is 7.46. The highest BCUT2D eigenvalue weighted by Gasteiger charge is 2.26. The summed E-state index contributed by atoms with van der Waals surface area (Å²) < 4.78 is 32.6. The number of nitrogens with zero attached hydrogens (tertiary/aromatic N) is 2. The SMILES string of the molecule is CCN(CC)[C@H](CNC(=O)c1ccc(Cl)c(S(=O)(=O)N(CC)CC)c1)c1cccc(OC)c1. The van der Waals surface area contributed by atoms with Crippen LogP contribution in [0.15, 0.2) is 47.4 Å². The minimum absolute atomic E-state index is 0.0615. The molecule has 0 saturated heterocycles. The van der Waals surface area contributed by atoms with Crippen molar-refractivity contribution in [1.29, 1.82) is 0 Å². The molecule has 0 unspecified atom stereocenters. The summed E-state index contributed by atoms with van der Waals surface area (Å²) in [5, 5.41) is 3.06. The molecule has 1 N–H and O–H groups in total. The normalized spacial score (nSPS) is 12.7. The first-order valence-electron chi connectivity index (χ1n) is 11.2. The largest absolute Gasteiger partial charge is 0.497 e. The second-order valence-corrected chi connectivity index (χ2v) is 9.77. The molecule has 2 aromatic rings. The lowest BCUT2D eigenvalue weighted by Gasteiger charge is -2.30. The van der Waals surface area contributed by atoms with Crippen molar-refractivity contribution < 1.29 is 17.9 Å². The van der Waals surface area contributed by atoms with Crippen LogP contribution in [-0.2, 0) is 10.0 Å². The molecule has 182 valence electrons. The molecule has 0 fully saturated rings. The van der Waals surface area contributed by atoms with Crippen LogP contribution in [0.2, 0.25) is 5.02 Å². The molecule has 0 aliphatic rings. The van der Waals surface area contributed by atoms with Crippen molar-refractivity contribution in [3.63, 3.8) is 0 Å². The number of carbonyl (C=O) groups is 1. The maximum Gasteiger partial charge on any atom is 0.251 e. The minimum atomic E-state index is -3.79. The monoisotopic (exact) mass is 495 g/mol. The van der Waals surface area contributed by atoms with E-state index in [1.165, 1.54) is 22.5 Å². The number of nitrogens with one attached hydrogen (secondary N) is 1. The van der Waals surface area contributed by atoms with Crippen molar-refractivity contribution in [2.75, 3.05) is 39.8 Å². The third kappa shape index (κ3) is 6.47. The first-order valence-corrected chi connectivity index (χ1v) is 13.0. The molecule has 0 heterocycles. The Morgan fingerprint density at radius 3 is 2.27 bits per heavy atom. The number of rotatable bonds is 12. The maximum absolute atomic E-state index is 13.0. The summed E-state index contributed by atoms with van der Waals surface area (Å²) in [5.41, 5.74) is 1.27. The summed E-state index contributed by atoms with van der Waals surface area (Å²) in [6.07, 6.45) is 0. The van der Waals surface area contributed by atoms with E-state index in [0.29, 0.717) is 19.6 Å². The molecule has 2 aromatic carbocycles. The van der Waals surface area contributed by atoms with Gasteiger partial charge in [0.2, 0.25) is 10.0 Å².